The lowest BCUT2D eigenvalue weighted by atomic mass is 9.66. The zero-order valence-corrected chi connectivity index (χ0v) is 15.9. The molecule has 1 heterocycles. The molecule has 3 rings (SSSR count). The third kappa shape index (κ3) is 3.34. The quantitative estimate of drug-likeness (QED) is 0.886. The van der Waals surface area contributed by atoms with E-state index in [1.165, 1.54) is 0 Å². The molecule has 3 atom stereocenters. The van der Waals surface area contributed by atoms with Crippen LogP contribution in [0.3, 0.4) is 0 Å². The maximum atomic E-state index is 12.6. The van der Waals surface area contributed by atoms with E-state index < -0.39 is 5.60 Å². The van der Waals surface area contributed by atoms with Crippen LogP contribution in [-0.4, -0.2) is 49.1 Å². The predicted molar refractivity (Wildman–Crippen MR) is 97.5 cm³/mol. The van der Waals surface area contributed by atoms with Crippen molar-refractivity contribution in [2.24, 2.45) is 5.92 Å². The van der Waals surface area contributed by atoms with E-state index in [0.717, 1.165) is 31.2 Å². The number of fused-ring (bicyclic) bond motifs is 1. The molecule has 1 N–H and O–H groups in total. The molecule has 6 nitrogen and oxygen atoms in total. The average molecular weight is 363 g/mol. The van der Waals surface area contributed by atoms with E-state index in [2.05, 4.69) is 0 Å². The van der Waals surface area contributed by atoms with Gasteiger partial charge in [-0.25, -0.2) is 4.79 Å². The molecule has 1 aromatic rings. The number of rotatable bonds is 4. The lowest BCUT2D eigenvalue weighted by Crippen LogP contribution is -2.56. The number of likely N-dealkylation sites (tertiary alicyclic amines) is 1. The first kappa shape index (κ1) is 18.8. The van der Waals surface area contributed by atoms with Crippen molar-refractivity contribution in [3.63, 3.8) is 0 Å². The summed E-state index contributed by atoms with van der Waals surface area (Å²) in [7, 11) is 3.22. The molecular weight excluding hydrogens is 334 g/mol. The van der Waals surface area contributed by atoms with Crippen LogP contribution in [0.5, 0.6) is 11.5 Å². The van der Waals surface area contributed by atoms with E-state index in [1.807, 2.05) is 25.1 Å². The zero-order chi connectivity index (χ0) is 18.7. The first-order valence-electron chi connectivity index (χ1n) is 9.41. The molecule has 1 saturated carbocycles. The highest BCUT2D eigenvalue weighted by Crippen LogP contribution is 2.51. The van der Waals surface area contributed by atoms with E-state index in [-0.39, 0.29) is 18.1 Å². The van der Waals surface area contributed by atoms with Crippen molar-refractivity contribution in [1.82, 2.24) is 4.90 Å². The van der Waals surface area contributed by atoms with Gasteiger partial charge in [0.05, 0.1) is 32.5 Å². The van der Waals surface area contributed by atoms with Gasteiger partial charge in [-0.1, -0.05) is 12.8 Å². The number of methoxy groups -OCH3 is 2. The number of hydrogen-bond donors (Lipinski definition) is 1. The molecule has 0 radical (unpaired) electrons. The second kappa shape index (κ2) is 7.74. The summed E-state index contributed by atoms with van der Waals surface area (Å²) >= 11 is 0. The van der Waals surface area contributed by atoms with E-state index in [1.54, 1.807) is 19.1 Å². The molecular formula is C20H29NO5. The van der Waals surface area contributed by atoms with Crippen molar-refractivity contribution in [3.8, 4) is 11.5 Å². The van der Waals surface area contributed by atoms with Gasteiger partial charge in [0.1, 0.15) is 11.5 Å². The number of piperidine rings is 1. The summed E-state index contributed by atoms with van der Waals surface area (Å²) in [5.74, 6) is 1.33. The van der Waals surface area contributed by atoms with Crippen LogP contribution >= 0.6 is 0 Å². The second-order valence-corrected chi connectivity index (χ2v) is 7.15. The van der Waals surface area contributed by atoms with Gasteiger partial charge in [-0.05, 0) is 38.3 Å². The Morgan fingerprint density at radius 2 is 2.08 bits per heavy atom. The normalized spacial score (nSPS) is 28.2. The lowest BCUT2D eigenvalue weighted by Gasteiger charge is -2.52. The minimum absolute atomic E-state index is 0.0308. The van der Waals surface area contributed by atoms with Gasteiger partial charge in [0.25, 0.3) is 0 Å². The van der Waals surface area contributed by atoms with E-state index in [0.29, 0.717) is 31.1 Å². The highest BCUT2D eigenvalue weighted by atomic mass is 16.6. The molecule has 26 heavy (non-hydrogen) atoms. The topological polar surface area (TPSA) is 68.2 Å². The number of ether oxygens (including phenoxy) is 3. The van der Waals surface area contributed by atoms with Gasteiger partial charge in [0.15, 0.2) is 0 Å². The first-order chi connectivity index (χ1) is 12.5. The molecule has 3 unspecified atom stereocenters. The van der Waals surface area contributed by atoms with Crippen LogP contribution in [-0.2, 0) is 4.74 Å². The number of carbonyl (C=O) groups excluding carboxylic acids is 1. The number of aliphatic hydroxyl groups is 1. The fraction of sp³-hybridized carbons (Fsp3) is 0.650. The summed E-state index contributed by atoms with van der Waals surface area (Å²) in [6.07, 6.45) is 4.00. The van der Waals surface area contributed by atoms with Crippen LogP contribution in [0.1, 0.15) is 50.6 Å². The van der Waals surface area contributed by atoms with Crippen LogP contribution in [0.4, 0.5) is 4.79 Å². The van der Waals surface area contributed by atoms with Gasteiger partial charge >= 0.3 is 6.09 Å². The molecule has 1 saturated heterocycles. The Morgan fingerprint density at radius 1 is 1.27 bits per heavy atom. The summed E-state index contributed by atoms with van der Waals surface area (Å²) in [4.78, 5) is 14.4. The molecule has 6 heteroatoms. The van der Waals surface area contributed by atoms with Crippen LogP contribution in [0.2, 0.25) is 0 Å². The van der Waals surface area contributed by atoms with Gasteiger partial charge < -0.3 is 24.2 Å². The molecule has 1 amide bonds. The Kier molecular flexibility index (Phi) is 5.61. The minimum atomic E-state index is -0.739. The van der Waals surface area contributed by atoms with Crippen LogP contribution in [0.15, 0.2) is 18.2 Å². The largest absolute Gasteiger partial charge is 0.497 e. The summed E-state index contributed by atoms with van der Waals surface area (Å²) in [6, 6.07) is 5.37. The predicted octanol–water partition coefficient (Wildman–Crippen LogP) is 3.53. The lowest BCUT2D eigenvalue weighted by molar-refractivity contribution is -0.118. The molecule has 2 aliphatic rings. The maximum Gasteiger partial charge on any atom is 0.410 e. The third-order valence-corrected chi connectivity index (χ3v) is 5.83. The Balaban J connectivity index is 2.05. The molecule has 2 fully saturated rings. The number of nitrogens with zero attached hydrogens (tertiary/aromatic N) is 1. The Bertz CT molecular complexity index is 649. The average Bonchev–Trinajstić information content (AvgIpc) is 2.66. The van der Waals surface area contributed by atoms with Gasteiger partial charge in [-0.15, -0.1) is 0 Å². The second-order valence-electron chi connectivity index (χ2n) is 7.15. The fourth-order valence-electron chi connectivity index (χ4n) is 4.54. The van der Waals surface area contributed by atoms with E-state index >= 15 is 0 Å². The summed E-state index contributed by atoms with van der Waals surface area (Å²) < 4.78 is 16.2. The SMILES string of the molecule is CCOC(=O)N1CCC2(O)CCCCC2C1c1ccc(OC)cc1OC. The summed E-state index contributed by atoms with van der Waals surface area (Å²) in [5.41, 5.74) is 0.156. The van der Waals surface area contributed by atoms with Crippen molar-refractivity contribution in [2.45, 2.75) is 50.7 Å². The standard InChI is InChI=1S/C20H29NO5/c1-4-26-19(22)21-12-11-20(23)10-6-5-7-16(20)18(21)15-9-8-14(24-2)13-17(15)25-3/h8-9,13,16,18,23H,4-7,10-12H2,1-3H3. The van der Waals surface area contributed by atoms with Crippen molar-refractivity contribution < 1.29 is 24.1 Å². The molecule has 1 aliphatic heterocycles. The molecule has 144 valence electrons. The number of carbonyl (C=O) groups is 1. The smallest absolute Gasteiger partial charge is 0.410 e. The van der Waals surface area contributed by atoms with Crippen molar-refractivity contribution in [2.75, 3.05) is 27.4 Å². The summed E-state index contributed by atoms with van der Waals surface area (Å²) in [6.45, 7) is 2.62. The number of benzene rings is 1. The zero-order valence-electron chi connectivity index (χ0n) is 15.9. The fourth-order valence-corrected chi connectivity index (χ4v) is 4.54. The number of hydrogen-bond acceptors (Lipinski definition) is 5. The first-order valence-corrected chi connectivity index (χ1v) is 9.41. The van der Waals surface area contributed by atoms with Crippen molar-refractivity contribution in [3.05, 3.63) is 23.8 Å². The van der Waals surface area contributed by atoms with E-state index in [4.69, 9.17) is 14.2 Å². The van der Waals surface area contributed by atoms with Crippen molar-refractivity contribution >= 4 is 6.09 Å². The van der Waals surface area contributed by atoms with Gasteiger partial charge in [0, 0.05) is 24.1 Å². The van der Waals surface area contributed by atoms with Gasteiger partial charge in [-0.3, -0.25) is 0 Å². The van der Waals surface area contributed by atoms with Crippen LogP contribution in [0, 0.1) is 5.92 Å². The third-order valence-electron chi connectivity index (χ3n) is 5.83. The van der Waals surface area contributed by atoms with Crippen LogP contribution < -0.4 is 9.47 Å². The number of amides is 1. The monoisotopic (exact) mass is 363 g/mol. The van der Waals surface area contributed by atoms with Gasteiger partial charge in [0.2, 0.25) is 0 Å². The van der Waals surface area contributed by atoms with Gasteiger partial charge in [-0.2, -0.15) is 0 Å². The Labute approximate surface area is 155 Å². The molecule has 0 spiro atoms. The maximum absolute atomic E-state index is 12.6. The summed E-state index contributed by atoms with van der Waals surface area (Å²) in [5, 5.41) is 11.3. The Hall–Kier alpha value is -1.95. The van der Waals surface area contributed by atoms with Crippen molar-refractivity contribution in [1.29, 1.82) is 0 Å². The molecule has 1 aromatic carbocycles. The minimum Gasteiger partial charge on any atom is -0.497 e. The Morgan fingerprint density at radius 3 is 2.77 bits per heavy atom. The molecule has 1 aliphatic carbocycles. The van der Waals surface area contributed by atoms with E-state index in [9.17, 15) is 9.90 Å². The van der Waals surface area contributed by atoms with Crippen LogP contribution in [0.25, 0.3) is 0 Å². The highest BCUT2D eigenvalue weighted by Gasteiger charge is 2.51. The molecule has 0 aromatic heterocycles. The highest BCUT2D eigenvalue weighted by molar-refractivity contribution is 5.69. The molecule has 0 bridgehead atoms.